The first kappa shape index (κ1) is 16.4. The molecule has 0 amide bonds. The molecule has 1 aliphatic heterocycles. The molecule has 1 aromatic carbocycles. The van der Waals surface area contributed by atoms with Gasteiger partial charge in [-0.05, 0) is 25.1 Å². The number of hydrogen-bond donors (Lipinski definition) is 1. The van der Waals surface area contributed by atoms with Gasteiger partial charge in [-0.15, -0.1) is 0 Å². The second-order valence-corrected chi connectivity index (χ2v) is 5.78. The largest absolute Gasteiger partial charge is 0.486 e. The van der Waals surface area contributed by atoms with Crippen molar-refractivity contribution in [3.63, 3.8) is 0 Å². The first-order valence-electron chi connectivity index (χ1n) is 7.88. The maximum atomic E-state index is 13.1. The number of ether oxygens (including phenoxy) is 2. The van der Waals surface area contributed by atoms with Crippen molar-refractivity contribution in [2.24, 2.45) is 0 Å². The van der Waals surface area contributed by atoms with Gasteiger partial charge in [-0.2, -0.15) is 4.57 Å². The summed E-state index contributed by atoms with van der Waals surface area (Å²) in [4.78, 5) is 13.6. The normalized spacial score (nSPS) is 13.9. The van der Waals surface area contributed by atoms with E-state index in [0.29, 0.717) is 41.8 Å². The van der Waals surface area contributed by atoms with Crippen molar-refractivity contribution in [3.8, 4) is 11.5 Å². The first-order chi connectivity index (χ1) is 11.7. The zero-order valence-electron chi connectivity index (χ0n) is 13.4. The van der Waals surface area contributed by atoms with Crippen LogP contribution in [0.3, 0.4) is 0 Å². The highest BCUT2D eigenvalue weighted by atomic mass is 32.1. The van der Waals surface area contributed by atoms with Crippen LogP contribution in [-0.4, -0.2) is 30.5 Å². The van der Waals surface area contributed by atoms with Crippen LogP contribution < -0.4 is 19.4 Å². The van der Waals surface area contributed by atoms with Crippen LogP contribution in [0.15, 0.2) is 48.8 Å². The lowest BCUT2D eigenvalue weighted by Crippen LogP contribution is -2.51. The molecule has 1 unspecified atom stereocenters. The van der Waals surface area contributed by atoms with E-state index in [0.717, 1.165) is 0 Å². The predicted octanol–water partition coefficient (Wildman–Crippen LogP) is 2.11. The lowest BCUT2D eigenvalue weighted by Gasteiger charge is -2.19. The van der Waals surface area contributed by atoms with Crippen molar-refractivity contribution in [2.45, 2.75) is 13.0 Å². The van der Waals surface area contributed by atoms with E-state index in [-0.39, 0.29) is 5.78 Å². The van der Waals surface area contributed by atoms with Gasteiger partial charge in [0.05, 0.1) is 0 Å². The molecule has 1 aromatic heterocycles. The van der Waals surface area contributed by atoms with Gasteiger partial charge < -0.3 is 14.8 Å². The molecule has 3 rings (SSSR count). The number of Topliss-reactive ketones (excluding diaryl/α,β-unsaturated/α-hetero) is 1. The second-order valence-electron chi connectivity index (χ2n) is 5.34. The quantitative estimate of drug-likeness (QED) is 0.512. The van der Waals surface area contributed by atoms with E-state index < -0.39 is 6.04 Å². The lowest BCUT2D eigenvalue weighted by molar-refractivity contribution is -0.692. The van der Waals surface area contributed by atoms with Gasteiger partial charge in [0.15, 0.2) is 28.9 Å². The van der Waals surface area contributed by atoms with Crippen LogP contribution in [0.5, 0.6) is 11.5 Å². The van der Waals surface area contributed by atoms with E-state index in [1.165, 1.54) is 0 Å². The molecule has 1 atom stereocenters. The third-order valence-corrected chi connectivity index (χ3v) is 4.08. The summed E-state index contributed by atoms with van der Waals surface area (Å²) in [5, 5.41) is 3.09. The summed E-state index contributed by atoms with van der Waals surface area (Å²) in [6.07, 6.45) is 3.68. The third kappa shape index (κ3) is 3.38. The SMILES string of the molecule is CCNC(=S)C(C(=O)c1ccc2c(c1)OCCO2)[n+]1ccccc1. The topological polar surface area (TPSA) is 51.4 Å². The monoisotopic (exact) mass is 343 g/mol. The van der Waals surface area contributed by atoms with Crippen LogP contribution >= 0.6 is 12.2 Å². The van der Waals surface area contributed by atoms with Crippen molar-refractivity contribution in [3.05, 3.63) is 54.4 Å². The van der Waals surface area contributed by atoms with Gasteiger partial charge in [0.2, 0.25) is 5.78 Å². The molecule has 2 heterocycles. The highest BCUT2D eigenvalue weighted by Crippen LogP contribution is 2.31. The van der Waals surface area contributed by atoms with Crippen LogP contribution in [0.1, 0.15) is 23.3 Å². The molecule has 124 valence electrons. The molecule has 0 fully saturated rings. The van der Waals surface area contributed by atoms with Gasteiger partial charge in [0.1, 0.15) is 13.2 Å². The van der Waals surface area contributed by atoms with E-state index in [9.17, 15) is 4.79 Å². The molecule has 0 saturated heterocycles. The van der Waals surface area contributed by atoms with E-state index >= 15 is 0 Å². The predicted molar refractivity (Wildman–Crippen MR) is 93.7 cm³/mol. The second kappa shape index (κ2) is 7.40. The average molecular weight is 343 g/mol. The summed E-state index contributed by atoms with van der Waals surface area (Å²) in [6.45, 7) is 3.62. The molecule has 24 heavy (non-hydrogen) atoms. The van der Waals surface area contributed by atoms with Gasteiger partial charge in [0, 0.05) is 24.2 Å². The zero-order valence-corrected chi connectivity index (χ0v) is 14.2. The molecule has 0 bridgehead atoms. The van der Waals surface area contributed by atoms with E-state index in [1.807, 2.05) is 42.1 Å². The van der Waals surface area contributed by atoms with E-state index in [2.05, 4.69) is 5.32 Å². The smallest absolute Gasteiger partial charge is 0.270 e. The van der Waals surface area contributed by atoms with Gasteiger partial charge in [-0.1, -0.05) is 18.3 Å². The molecule has 5 nitrogen and oxygen atoms in total. The minimum Gasteiger partial charge on any atom is -0.486 e. The molecule has 0 spiro atoms. The van der Waals surface area contributed by atoms with Gasteiger partial charge in [0.25, 0.3) is 6.04 Å². The number of ketones is 1. The van der Waals surface area contributed by atoms with E-state index in [1.54, 1.807) is 18.2 Å². The Morgan fingerprint density at radius 1 is 1.21 bits per heavy atom. The summed E-state index contributed by atoms with van der Waals surface area (Å²) in [7, 11) is 0. The maximum Gasteiger partial charge on any atom is 0.270 e. The molecule has 0 saturated carbocycles. The van der Waals surface area contributed by atoms with Gasteiger partial charge in [-0.3, -0.25) is 4.79 Å². The summed E-state index contributed by atoms with van der Waals surface area (Å²) < 4.78 is 12.9. The third-order valence-electron chi connectivity index (χ3n) is 3.71. The number of hydrogen-bond acceptors (Lipinski definition) is 4. The van der Waals surface area contributed by atoms with Crippen LogP contribution in [-0.2, 0) is 0 Å². The number of fused-ring (bicyclic) bond motifs is 1. The number of carbonyl (C=O) groups is 1. The Balaban J connectivity index is 1.95. The number of rotatable bonds is 5. The summed E-state index contributed by atoms with van der Waals surface area (Å²) in [6, 6.07) is 10.3. The highest BCUT2D eigenvalue weighted by Gasteiger charge is 2.33. The van der Waals surface area contributed by atoms with Crippen LogP contribution in [0.2, 0.25) is 0 Å². The Bertz CT molecular complexity index is 749. The number of carbonyl (C=O) groups excluding carboxylic acids is 1. The molecule has 1 aliphatic rings. The molecular weight excluding hydrogens is 324 g/mol. The van der Waals surface area contributed by atoms with Gasteiger partial charge in [-0.25, -0.2) is 0 Å². The number of nitrogens with zero attached hydrogens (tertiary/aromatic N) is 1. The summed E-state index contributed by atoms with van der Waals surface area (Å²) >= 11 is 5.45. The number of aromatic nitrogens is 1. The minimum absolute atomic E-state index is 0.0888. The summed E-state index contributed by atoms with van der Waals surface area (Å²) in [5.74, 6) is 1.17. The first-order valence-corrected chi connectivity index (χ1v) is 8.29. The number of benzene rings is 1. The molecule has 0 aliphatic carbocycles. The summed E-state index contributed by atoms with van der Waals surface area (Å²) in [5.41, 5.74) is 0.542. The molecule has 0 radical (unpaired) electrons. The number of thiocarbonyl (C=S) groups is 1. The minimum atomic E-state index is -0.594. The molecular formula is C18H19N2O3S+. The highest BCUT2D eigenvalue weighted by molar-refractivity contribution is 7.80. The maximum absolute atomic E-state index is 13.1. The fourth-order valence-electron chi connectivity index (χ4n) is 2.60. The fraction of sp³-hybridized carbons (Fsp3) is 0.278. The Morgan fingerprint density at radius 2 is 1.92 bits per heavy atom. The van der Waals surface area contributed by atoms with Crippen molar-refractivity contribution in [1.29, 1.82) is 0 Å². The number of pyridine rings is 1. The Kier molecular flexibility index (Phi) is 5.05. The van der Waals surface area contributed by atoms with Crippen molar-refractivity contribution >= 4 is 23.0 Å². The van der Waals surface area contributed by atoms with Crippen LogP contribution in [0.4, 0.5) is 0 Å². The fourth-order valence-corrected chi connectivity index (χ4v) is 2.97. The standard InChI is InChI=1S/C18H18N2O3S/c1-2-19-18(24)16(20-8-4-3-5-9-20)17(21)13-6-7-14-15(12-13)23-11-10-22-14/h3-9,12,16H,2,10-11H2,1H3/p+1. The number of likely N-dealkylation sites (N-methyl/N-ethyl adjacent to an activating group) is 1. The Labute approximate surface area is 146 Å². The number of nitrogens with one attached hydrogen (secondary N) is 1. The van der Waals surface area contributed by atoms with E-state index in [4.69, 9.17) is 21.7 Å². The molecule has 1 N–H and O–H groups in total. The average Bonchev–Trinajstić information content (AvgIpc) is 2.62. The zero-order chi connectivity index (χ0) is 16.9. The molecule has 2 aromatic rings. The van der Waals surface area contributed by atoms with Crippen LogP contribution in [0.25, 0.3) is 0 Å². The van der Waals surface area contributed by atoms with Crippen LogP contribution in [0, 0.1) is 0 Å². The Morgan fingerprint density at radius 3 is 2.62 bits per heavy atom. The van der Waals surface area contributed by atoms with Crippen molar-refractivity contribution in [1.82, 2.24) is 5.32 Å². The lowest BCUT2D eigenvalue weighted by atomic mass is 10.0. The van der Waals surface area contributed by atoms with Crippen molar-refractivity contribution in [2.75, 3.05) is 19.8 Å². The molecule has 6 heteroatoms. The van der Waals surface area contributed by atoms with Crippen molar-refractivity contribution < 1.29 is 18.8 Å². The Hall–Kier alpha value is -2.47. The van der Waals surface area contributed by atoms with Gasteiger partial charge >= 0.3 is 0 Å².